The molecule has 102 valence electrons. The number of fused-ring (bicyclic) bond motifs is 1. The molecule has 19 heavy (non-hydrogen) atoms. The highest BCUT2D eigenvalue weighted by atomic mass is 19.2. The van der Waals surface area contributed by atoms with Crippen molar-refractivity contribution in [2.45, 2.75) is 39.2 Å². The number of rotatable bonds is 2. The Morgan fingerprint density at radius 2 is 2.00 bits per heavy atom. The van der Waals surface area contributed by atoms with Crippen molar-refractivity contribution >= 4 is 11.0 Å². The van der Waals surface area contributed by atoms with Crippen molar-refractivity contribution in [3.05, 3.63) is 30.1 Å². The van der Waals surface area contributed by atoms with Crippen LogP contribution in [0.3, 0.4) is 0 Å². The summed E-state index contributed by atoms with van der Waals surface area (Å²) >= 11 is 0. The van der Waals surface area contributed by atoms with Gasteiger partial charge in [-0.25, -0.2) is 13.8 Å². The second kappa shape index (κ2) is 4.58. The Labute approximate surface area is 111 Å². The first-order valence-electron chi connectivity index (χ1n) is 6.91. The standard InChI is InChI=1S/C15H18F2N2/c1-3-10-5-11(4-9(10)2)19-8-18-14-6-12(16)13(17)7-15(14)19/h6-11H,3-5H2,1-2H3. The molecule has 0 spiro atoms. The molecule has 0 aliphatic heterocycles. The Morgan fingerprint density at radius 3 is 2.68 bits per heavy atom. The molecule has 0 radical (unpaired) electrons. The average molecular weight is 264 g/mol. The molecule has 2 nitrogen and oxygen atoms in total. The predicted molar refractivity (Wildman–Crippen MR) is 70.9 cm³/mol. The van der Waals surface area contributed by atoms with Gasteiger partial charge in [-0.1, -0.05) is 20.3 Å². The number of halogens is 2. The first-order chi connectivity index (χ1) is 9.10. The summed E-state index contributed by atoms with van der Waals surface area (Å²) in [5, 5.41) is 0. The van der Waals surface area contributed by atoms with Gasteiger partial charge >= 0.3 is 0 Å². The smallest absolute Gasteiger partial charge is 0.161 e. The van der Waals surface area contributed by atoms with Crippen LogP contribution < -0.4 is 0 Å². The third kappa shape index (κ3) is 2.03. The highest BCUT2D eigenvalue weighted by Gasteiger charge is 2.31. The van der Waals surface area contributed by atoms with E-state index in [4.69, 9.17) is 0 Å². The maximum atomic E-state index is 13.4. The van der Waals surface area contributed by atoms with Gasteiger partial charge in [-0.2, -0.15) is 0 Å². The lowest BCUT2D eigenvalue weighted by atomic mass is 9.96. The van der Waals surface area contributed by atoms with Crippen LogP contribution in [0.4, 0.5) is 8.78 Å². The third-order valence-electron chi connectivity index (χ3n) is 4.56. The van der Waals surface area contributed by atoms with Gasteiger partial charge < -0.3 is 4.57 Å². The summed E-state index contributed by atoms with van der Waals surface area (Å²) in [7, 11) is 0. The molecule has 1 aromatic heterocycles. The van der Waals surface area contributed by atoms with Crippen molar-refractivity contribution in [1.82, 2.24) is 9.55 Å². The van der Waals surface area contributed by atoms with Crippen molar-refractivity contribution in [2.24, 2.45) is 11.8 Å². The summed E-state index contributed by atoms with van der Waals surface area (Å²) in [5.41, 5.74) is 1.24. The largest absolute Gasteiger partial charge is 0.327 e. The van der Waals surface area contributed by atoms with E-state index in [9.17, 15) is 8.78 Å². The number of nitrogens with zero attached hydrogens (tertiary/aromatic N) is 2. The molecule has 1 aliphatic rings. The van der Waals surface area contributed by atoms with Gasteiger partial charge in [-0.05, 0) is 24.7 Å². The van der Waals surface area contributed by atoms with Crippen molar-refractivity contribution in [1.29, 1.82) is 0 Å². The molecule has 0 bridgehead atoms. The average Bonchev–Trinajstić information content (AvgIpc) is 2.93. The van der Waals surface area contributed by atoms with Crippen molar-refractivity contribution < 1.29 is 8.78 Å². The van der Waals surface area contributed by atoms with E-state index in [2.05, 4.69) is 18.8 Å². The van der Waals surface area contributed by atoms with E-state index in [1.54, 1.807) is 6.33 Å². The summed E-state index contributed by atoms with van der Waals surface area (Å²) in [6.45, 7) is 4.48. The van der Waals surface area contributed by atoms with Crippen LogP contribution in [0.15, 0.2) is 18.5 Å². The molecule has 3 unspecified atom stereocenters. The Bertz CT molecular complexity index is 605. The molecule has 1 fully saturated rings. The maximum Gasteiger partial charge on any atom is 0.161 e. The SMILES string of the molecule is CCC1CC(n2cnc3cc(F)c(F)cc32)CC1C. The second-order valence-corrected chi connectivity index (χ2v) is 5.68. The fraction of sp³-hybridized carbons (Fsp3) is 0.533. The molecule has 1 aliphatic carbocycles. The van der Waals surface area contributed by atoms with Gasteiger partial charge in [0.25, 0.3) is 0 Å². The van der Waals surface area contributed by atoms with E-state index in [1.807, 2.05) is 4.57 Å². The van der Waals surface area contributed by atoms with Crippen molar-refractivity contribution in [2.75, 3.05) is 0 Å². The van der Waals surface area contributed by atoms with Gasteiger partial charge in [0.15, 0.2) is 11.6 Å². The fourth-order valence-corrected chi connectivity index (χ4v) is 3.41. The minimum absolute atomic E-state index is 0.356. The topological polar surface area (TPSA) is 17.8 Å². The zero-order valence-corrected chi connectivity index (χ0v) is 11.2. The van der Waals surface area contributed by atoms with E-state index in [-0.39, 0.29) is 0 Å². The van der Waals surface area contributed by atoms with Crippen LogP contribution in [0.25, 0.3) is 11.0 Å². The highest BCUT2D eigenvalue weighted by molar-refractivity contribution is 5.75. The molecular weight excluding hydrogens is 246 g/mol. The Morgan fingerprint density at radius 1 is 1.26 bits per heavy atom. The number of hydrogen-bond acceptors (Lipinski definition) is 1. The van der Waals surface area contributed by atoms with Gasteiger partial charge in [-0.3, -0.25) is 0 Å². The van der Waals surface area contributed by atoms with Crippen LogP contribution in [-0.4, -0.2) is 9.55 Å². The Kier molecular flexibility index (Phi) is 3.03. The fourth-order valence-electron chi connectivity index (χ4n) is 3.41. The highest BCUT2D eigenvalue weighted by Crippen LogP contribution is 2.41. The first-order valence-corrected chi connectivity index (χ1v) is 6.91. The molecule has 3 rings (SSSR count). The quantitative estimate of drug-likeness (QED) is 0.790. The van der Waals surface area contributed by atoms with Gasteiger partial charge in [0.1, 0.15) is 0 Å². The summed E-state index contributed by atoms with van der Waals surface area (Å²) in [6.07, 6.45) is 5.08. The van der Waals surface area contributed by atoms with E-state index < -0.39 is 11.6 Å². The van der Waals surface area contributed by atoms with Gasteiger partial charge in [0.05, 0.1) is 17.4 Å². The maximum absolute atomic E-state index is 13.4. The van der Waals surface area contributed by atoms with Crippen LogP contribution >= 0.6 is 0 Å². The lowest BCUT2D eigenvalue weighted by Crippen LogP contribution is -2.04. The first kappa shape index (κ1) is 12.6. The molecule has 1 aromatic carbocycles. The Hall–Kier alpha value is -1.45. The lowest BCUT2D eigenvalue weighted by Gasteiger charge is -2.13. The normalized spacial score (nSPS) is 27.3. The van der Waals surface area contributed by atoms with Gasteiger partial charge in [0, 0.05) is 18.2 Å². The number of imidazole rings is 1. The van der Waals surface area contributed by atoms with E-state index in [1.165, 1.54) is 18.6 Å². The minimum atomic E-state index is -0.830. The molecule has 0 N–H and O–H groups in total. The molecule has 4 heteroatoms. The summed E-state index contributed by atoms with van der Waals surface area (Å²) in [6, 6.07) is 2.80. The third-order valence-corrected chi connectivity index (χ3v) is 4.56. The van der Waals surface area contributed by atoms with E-state index >= 15 is 0 Å². The van der Waals surface area contributed by atoms with Crippen LogP contribution in [0.1, 0.15) is 39.2 Å². The number of benzene rings is 1. The van der Waals surface area contributed by atoms with Gasteiger partial charge in [0.2, 0.25) is 0 Å². The summed E-state index contributed by atoms with van der Waals surface area (Å²) in [5.74, 6) is -0.234. The predicted octanol–water partition coefficient (Wildman–Crippen LogP) is 4.31. The van der Waals surface area contributed by atoms with Crippen LogP contribution in [0.5, 0.6) is 0 Å². The molecule has 1 heterocycles. The second-order valence-electron chi connectivity index (χ2n) is 5.68. The van der Waals surface area contributed by atoms with Crippen molar-refractivity contribution in [3.63, 3.8) is 0 Å². The number of hydrogen-bond donors (Lipinski definition) is 0. The summed E-state index contributed by atoms with van der Waals surface area (Å²) in [4.78, 5) is 4.20. The zero-order valence-electron chi connectivity index (χ0n) is 11.2. The van der Waals surface area contributed by atoms with E-state index in [0.29, 0.717) is 28.9 Å². The number of aromatic nitrogens is 2. The lowest BCUT2D eigenvalue weighted by molar-refractivity contribution is 0.406. The van der Waals surface area contributed by atoms with Crippen LogP contribution in [0, 0.1) is 23.5 Å². The molecule has 0 saturated heterocycles. The molecule has 2 aromatic rings. The van der Waals surface area contributed by atoms with Crippen LogP contribution in [-0.2, 0) is 0 Å². The van der Waals surface area contributed by atoms with E-state index in [0.717, 1.165) is 12.8 Å². The Balaban J connectivity index is 2.00. The molecule has 1 saturated carbocycles. The van der Waals surface area contributed by atoms with Gasteiger partial charge in [-0.15, -0.1) is 0 Å². The molecule has 3 atom stereocenters. The van der Waals surface area contributed by atoms with Crippen LogP contribution in [0.2, 0.25) is 0 Å². The molecular formula is C15H18F2N2. The minimum Gasteiger partial charge on any atom is -0.327 e. The zero-order chi connectivity index (χ0) is 13.6. The monoisotopic (exact) mass is 264 g/mol. The molecule has 0 amide bonds. The van der Waals surface area contributed by atoms with Crippen molar-refractivity contribution in [3.8, 4) is 0 Å². The summed E-state index contributed by atoms with van der Waals surface area (Å²) < 4.78 is 28.6.